The highest BCUT2D eigenvalue weighted by molar-refractivity contribution is 5.79. The van der Waals surface area contributed by atoms with Gasteiger partial charge in [-0.1, -0.05) is 43.7 Å². The molecule has 150 valence electrons. The van der Waals surface area contributed by atoms with Crippen molar-refractivity contribution in [2.45, 2.75) is 46.3 Å². The highest BCUT2D eigenvalue weighted by Gasteiger charge is 2.22. The Morgan fingerprint density at radius 3 is 2.59 bits per heavy atom. The minimum Gasteiger partial charge on any atom is -0.374 e. The third kappa shape index (κ3) is 7.69. The Kier molecular flexibility index (Phi) is 8.25. The Morgan fingerprint density at radius 2 is 1.96 bits per heavy atom. The summed E-state index contributed by atoms with van der Waals surface area (Å²) >= 11 is 0. The van der Waals surface area contributed by atoms with E-state index >= 15 is 0 Å². The topological polar surface area (TPSA) is 70.7 Å². The van der Waals surface area contributed by atoms with Gasteiger partial charge in [0.15, 0.2) is 0 Å². The molecule has 1 aliphatic heterocycles. The van der Waals surface area contributed by atoms with E-state index in [-0.39, 0.29) is 30.4 Å². The molecule has 1 saturated heterocycles. The summed E-state index contributed by atoms with van der Waals surface area (Å²) in [6, 6.07) is 7.56. The Bertz CT molecular complexity index is 616. The van der Waals surface area contributed by atoms with Gasteiger partial charge < -0.3 is 15.4 Å². The molecule has 0 saturated carbocycles. The van der Waals surface area contributed by atoms with Crippen molar-refractivity contribution in [3.05, 3.63) is 35.4 Å². The zero-order valence-electron chi connectivity index (χ0n) is 17.0. The summed E-state index contributed by atoms with van der Waals surface area (Å²) in [6.45, 7) is 11.9. The third-order valence-corrected chi connectivity index (χ3v) is 4.62. The quantitative estimate of drug-likeness (QED) is 0.729. The molecule has 6 nitrogen and oxygen atoms in total. The number of nitrogens with zero attached hydrogens (tertiary/aromatic N) is 1. The summed E-state index contributed by atoms with van der Waals surface area (Å²) in [6.07, 6.45) is 0.227. The van der Waals surface area contributed by atoms with Crippen LogP contribution in [0.5, 0.6) is 0 Å². The predicted octanol–water partition coefficient (Wildman–Crippen LogP) is 2.04. The average Bonchev–Trinajstić information content (AvgIpc) is 2.59. The minimum absolute atomic E-state index is 0.0139. The van der Waals surface area contributed by atoms with Crippen LogP contribution in [0.3, 0.4) is 0 Å². The van der Waals surface area contributed by atoms with Gasteiger partial charge in [0.25, 0.3) is 0 Å². The molecule has 1 aliphatic rings. The average molecular weight is 376 g/mol. The first-order chi connectivity index (χ1) is 12.8. The number of morpholine rings is 1. The van der Waals surface area contributed by atoms with Crippen LogP contribution in [-0.2, 0) is 14.3 Å². The van der Waals surface area contributed by atoms with E-state index in [0.29, 0.717) is 19.1 Å². The lowest BCUT2D eigenvalue weighted by atomic mass is 10.0. The summed E-state index contributed by atoms with van der Waals surface area (Å²) in [7, 11) is 0. The largest absolute Gasteiger partial charge is 0.374 e. The summed E-state index contributed by atoms with van der Waals surface area (Å²) in [5, 5.41) is 5.84. The van der Waals surface area contributed by atoms with Crippen LogP contribution in [0.15, 0.2) is 24.3 Å². The number of hydrogen-bond donors (Lipinski definition) is 2. The normalized spacial score (nSPS) is 18.9. The van der Waals surface area contributed by atoms with Crippen LogP contribution in [0.4, 0.5) is 0 Å². The van der Waals surface area contributed by atoms with E-state index in [1.54, 1.807) is 0 Å². The standard InChI is InChI=1S/C21H33N3O3/c1-15(2)13-24-9-10-27-19(14-24)12-22-21(26)11-20(23-17(4)25)18-7-5-16(3)6-8-18/h5-8,15,19-20H,9-14H2,1-4H3,(H,22,26)(H,23,25). The van der Waals surface area contributed by atoms with E-state index in [9.17, 15) is 9.59 Å². The van der Waals surface area contributed by atoms with Crippen molar-refractivity contribution in [3.63, 3.8) is 0 Å². The smallest absolute Gasteiger partial charge is 0.222 e. The monoisotopic (exact) mass is 375 g/mol. The number of rotatable bonds is 8. The Hall–Kier alpha value is -1.92. The van der Waals surface area contributed by atoms with Crippen molar-refractivity contribution in [1.82, 2.24) is 15.5 Å². The van der Waals surface area contributed by atoms with Crippen LogP contribution in [0.25, 0.3) is 0 Å². The molecule has 2 N–H and O–H groups in total. The number of aryl methyl sites for hydroxylation is 1. The maximum absolute atomic E-state index is 12.4. The van der Waals surface area contributed by atoms with Gasteiger partial charge in [0.05, 0.1) is 25.2 Å². The van der Waals surface area contributed by atoms with E-state index < -0.39 is 0 Å². The number of hydrogen-bond acceptors (Lipinski definition) is 4. The fourth-order valence-electron chi connectivity index (χ4n) is 3.37. The number of benzene rings is 1. The summed E-state index contributed by atoms with van der Waals surface area (Å²) in [5.41, 5.74) is 2.08. The first-order valence-electron chi connectivity index (χ1n) is 9.77. The zero-order valence-corrected chi connectivity index (χ0v) is 17.0. The molecule has 1 aromatic carbocycles. The van der Waals surface area contributed by atoms with Gasteiger partial charge in [-0.15, -0.1) is 0 Å². The molecule has 1 heterocycles. The molecule has 1 fully saturated rings. The van der Waals surface area contributed by atoms with Crippen molar-refractivity contribution < 1.29 is 14.3 Å². The predicted molar refractivity (Wildman–Crippen MR) is 106 cm³/mol. The molecule has 2 atom stereocenters. The van der Waals surface area contributed by atoms with Crippen LogP contribution in [0.2, 0.25) is 0 Å². The molecular weight excluding hydrogens is 342 g/mol. The lowest BCUT2D eigenvalue weighted by Gasteiger charge is -2.34. The van der Waals surface area contributed by atoms with Gasteiger partial charge in [-0.3, -0.25) is 14.5 Å². The maximum Gasteiger partial charge on any atom is 0.222 e. The molecule has 0 bridgehead atoms. The second kappa shape index (κ2) is 10.4. The molecule has 1 aromatic rings. The van der Waals surface area contributed by atoms with Gasteiger partial charge in [0, 0.05) is 33.1 Å². The van der Waals surface area contributed by atoms with Crippen molar-refractivity contribution in [3.8, 4) is 0 Å². The molecule has 6 heteroatoms. The molecule has 0 spiro atoms. The molecule has 0 aliphatic carbocycles. The third-order valence-electron chi connectivity index (χ3n) is 4.62. The van der Waals surface area contributed by atoms with Gasteiger partial charge in [-0.2, -0.15) is 0 Å². The first kappa shape index (κ1) is 21.4. The molecule has 0 radical (unpaired) electrons. The molecule has 2 rings (SSSR count). The van der Waals surface area contributed by atoms with Crippen molar-refractivity contribution in [2.24, 2.45) is 5.92 Å². The van der Waals surface area contributed by atoms with E-state index in [1.165, 1.54) is 6.92 Å². The van der Waals surface area contributed by atoms with Crippen LogP contribution in [0, 0.1) is 12.8 Å². The van der Waals surface area contributed by atoms with E-state index in [0.717, 1.165) is 30.8 Å². The van der Waals surface area contributed by atoms with Gasteiger partial charge in [0.1, 0.15) is 0 Å². The molecule has 27 heavy (non-hydrogen) atoms. The SMILES string of the molecule is CC(=O)NC(CC(=O)NCC1CN(CC(C)C)CCO1)c1ccc(C)cc1. The molecule has 0 aromatic heterocycles. The Labute approximate surface area is 162 Å². The number of amides is 2. The van der Waals surface area contributed by atoms with E-state index in [2.05, 4.69) is 29.4 Å². The van der Waals surface area contributed by atoms with Crippen molar-refractivity contribution in [1.29, 1.82) is 0 Å². The van der Waals surface area contributed by atoms with Crippen molar-refractivity contribution in [2.75, 3.05) is 32.8 Å². The van der Waals surface area contributed by atoms with Gasteiger partial charge >= 0.3 is 0 Å². The summed E-state index contributed by atoms with van der Waals surface area (Å²) in [4.78, 5) is 26.4. The van der Waals surface area contributed by atoms with Crippen LogP contribution < -0.4 is 10.6 Å². The van der Waals surface area contributed by atoms with Crippen LogP contribution >= 0.6 is 0 Å². The minimum atomic E-state index is -0.326. The van der Waals surface area contributed by atoms with Crippen LogP contribution in [-0.4, -0.2) is 55.6 Å². The lowest BCUT2D eigenvalue weighted by molar-refractivity contribution is -0.123. The molecular formula is C21H33N3O3. The Morgan fingerprint density at radius 1 is 1.26 bits per heavy atom. The van der Waals surface area contributed by atoms with Gasteiger partial charge in [-0.05, 0) is 18.4 Å². The van der Waals surface area contributed by atoms with Crippen LogP contribution in [0.1, 0.15) is 44.4 Å². The number of ether oxygens (including phenoxy) is 1. The van der Waals surface area contributed by atoms with Crippen molar-refractivity contribution >= 4 is 11.8 Å². The first-order valence-corrected chi connectivity index (χ1v) is 9.77. The summed E-state index contributed by atoms with van der Waals surface area (Å²) in [5.74, 6) is 0.387. The maximum atomic E-state index is 12.4. The fourth-order valence-corrected chi connectivity index (χ4v) is 3.37. The van der Waals surface area contributed by atoms with Gasteiger partial charge in [0.2, 0.25) is 11.8 Å². The highest BCUT2D eigenvalue weighted by Crippen LogP contribution is 2.17. The molecule has 2 unspecified atom stereocenters. The summed E-state index contributed by atoms with van der Waals surface area (Å²) < 4.78 is 5.78. The highest BCUT2D eigenvalue weighted by atomic mass is 16.5. The fraction of sp³-hybridized carbons (Fsp3) is 0.619. The lowest BCUT2D eigenvalue weighted by Crippen LogP contribution is -2.48. The second-order valence-corrected chi connectivity index (χ2v) is 7.82. The molecule has 2 amide bonds. The van der Waals surface area contributed by atoms with E-state index in [4.69, 9.17) is 4.74 Å². The van der Waals surface area contributed by atoms with E-state index in [1.807, 2.05) is 31.2 Å². The number of carbonyl (C=O) groups excluding carboxylic acids is 2. The Balaban J connectivity index is 1.86. The number of carbonyl (C=O) groups is 2. The van der Waals surface area contributed by atoms with Gasteiger partial charge in [-0.25, -0.2) is 0 Å². The number of nitrogens with one attached hydrogen (secondary N) is 2. The zero-order chi connectivity index (χ0) is 19.8. The second-order valence-electron chi connectivity index (χ2n) is 7.82.